The third kappa shape index (κ3) is 2.85. The van der Waals surface area contributed by atoms with E-state index >= 15 is 0 Å². The third-order valence-electron chi connectivity index (χ3n) is 2.52. The highest BCUT2D eigenvalue weighted by Crippen LogP contribution is 2.34. The fourth-order valence-corrected chi connectivity index (χ4v) is 1.96. The van der Waals surface area contributed by atoms with Gasteiger partial charge in [0.1, 0.15) is 23.2 Å². The van der Waals surface area contributed by atoms with Gasteiger partial charge < -0.3 is 10.2 Å². The average molecular weight is 307 g/mol. The van der Waals surface area contributed by atoms with E-state index < -0.39 is 5.91 Å². The fourth-order valence-electron chi connectivity index (χ4n) is 1.57. The molecule has 0 spiro atoms. The lowest BCUT2D eigenvalue weighted by Gasteiger charge is -2.01. The van der Waals surface area contributed by atoms with Crippen molar-refractivity contribution in [2.45, 2.75) is 0 Å². The Hall–Kier alpha value is -2.22. The summed E-state index contributed by atoms with van der Waals surface area (Å²) < 4.78 is 5.51. The van der Waals surface area contributed by atoms with Crippen LogP contribution in [0.2, 0.25) is 10.0 Å². The number of halogens is 2. The number of primary amides is 1. The van der Waals surface area contributed by atoms with E-state index in [1.54, 1.807) is 36.4 Å². The largest absolute Gasteiger partial charge is 0.457 e. The molecule has 2 rings (SSSR count). The molecule has 0 bridgehead atoms. The highest BCUT2D eigenvalue weighted by molar-refractivity contribution is 6.43. The first-order valence-electron chi connectivity index (χ1n) is 5.48. The number of nitrogens with two attached hydrogens (primary N) is 1. The molecule has 2 aromatic rings. The van der Waals surface area contributed by atoms with Crippen LogP contribution in [0, 0.1) is 11.3 Å². The summed E-state index contributed by atoms with van der Waals surface area (Å²) in [7, 11) is 0. The van der Waals surface area contributed by atoms with Crippen LogP contribution in [-0.4, -0.2) is 5.91 Å². The van der Waals surface area contributed by atoms with Gasteiger partial charge in [0.25, 0.3) is 5.91 Å². The van der Waals surface area contributed by atoms with Crippen LogP contribution in [0.5, 0.6) is 0 Å². The molecule has 1 aromatic carbocycles. The standard InChI is InChI=1S/C14H8Cl2N2O2/c15-11-3-1-2-10(13(11)16)12-5-4-9(20-12)6-8(7-17)14(18)19/h1-6H,(H2,18,19). The van der Waals surface area contributed by atoms with Gasteiger partial charge in [-0.1, -0.05) is 29.3 Å². The molecule has 1 heterocycles. The molecule has 0 unspecified atom stereocenters. The summed E-state index contributed by atoms with van der Waals surface area (Å²) in [6.45, 7) is 0. The van der Waals surface area contributed by atoms with E-state index in [0.717, 1.165) is 0 Å². The highest BCUT2D eigenvalue weighted by Gasteiger charge is 2.11. The lowest BCUT2D eigenvalue weighted by molar-refractivity contribution is -0.114. The number of nitriles is 1. The van der Waals surface area contributed by atoms with Crippen molar-refractivity contribution in [2.75, 3.05) is 0 Å². The predicted octanol–water partition coefficient (Wildman–Crippen LogP) is 3.65. The van der Waals surface area contributed by atoms with Crippen LogP contribution in [-0.2, 0) is 4.79 Å². The second-order valence-electron chi connectivity index (χ2n) is 3.84. The summed E-state index contributed by atoms with van der Waals surface area (Å²) in [6.07, 6.45) is 1.27. The minimum atomic E-state index is -0.814. The number of benzene rings is 1. The van der Waals surface area contributed by atoms with Crippen molar-refractivity contribution in [3.05, 3.63) is 51.7 Å². The van der Waals surface area contributed by atoms with Crippen molar-refractivity contribution in [1.29, 1.82) is 5.26 Å². The summed E-state index contributed by atoms with van der Waals surface area (Å²) in [5, 5.41) is 9.54. The number of hydrogen-bond donors (Lipinski definition) is 1. The number of carbonyl (C=O) groups excluding carboxylic acids is 1. The Morgan fingerprint density at radius 1 is 1.30 bits per heavy atom. The first-order chi connectivity index (χ1) is 9.52. The second kappa shape index (κ2) is 5.83. The van der Waals surface area contributed by atoms with Crippen LogP contribution in [0.15, 0.2) is 40.3 Å². The van der Waals surface area contributed by atoms with Crippen LogP contribution in [0.4, 0.5) is 0 Å². The zero-order valence-corrected chi connectivity index (χ0v) is 11.6. The van der Waals surface area contributed by atoms with Crippen LogP contribution in [0.25, 0.3) is 17.4 Å². The maximum Gasteiger partial charge on any atom is 0.259 e. The Balaban J connectivity index is 2.42. The van der Waals surface area contributed by atoms with Gasteiger partial charge in [0, 0.05) is 11.6 Å². The number of nitrogens with zero attached hydrogens (tertiary/aromatic N) is 1. The minimum absolute atomic E-state index is 0.192. The number of hydrogen-bond acceptors (Lipinski definition) is 3. The maximum atomic E-state index is 11.0. The van der Waals surface area contributed by atoms with Crippen molar-refractivity contribution in [1.82, 2.24) is 0 Å². The smallest absolute Gasteiger partial charge is 0.259 e. The molecule has 1 aromatic heterocycles. The lowest BCUT2D eigenvalue weighted by Crippen LogP contribution is -2.12. The molecule has 0 aliphatic carbocycles. The van der Waals surface area contributed by atoms with Gasteiger partial charge in [-0.25, -0.2) is 0 Å². The monoisotopic (exact) mass is 306 g/mol. The first-order valence-corrected chi connectivity index (χ1v) is 6.24. The van der Waals surface area contributed by atoms with Crippen LogP contribution < -0.4 is 5.73 Å². The van der Waals surface area contributed by atoms with E-state index in [0.29, 0.717) is 27.1 Å². The molecule has 100 valence electrons. The van der Waals surface area contributed by atoms with E-state index in [1.807, 2.05) is 0 Å². The molecular formula is C14H8Cl2N2O2. The first kappa shape index (κ1) is 14.2. The van der Waals surface area contributed by atoms with Crippen molar-refractivity contribution in [3.63, 3.8) is 0 Å². The van der Waals surface area contributed by atoms with Gasteiger partial charge in [-0.05, 0) is 24.3 Å². The van der Waals surface area contributed by atoms with Gasteiger partial charge >= 0.3 is 0 Å². The van der Waals surface area contributed by atoms with Gasteiger partial charge in [0.15, 0.2) is 0 Å². The van der Waals surface area contributed by atoms with Gasteiger partial charge in [-0.3, -0.25) is 4.79 Å². The van der Waals surface area contributed by atoms with Gasteiger partial charge in [-0.2, -0.15) is 5.26 Å². The minimum Gasteiger partial charge on any atom is -0.457 e. The van der Waals surface area contributed by atoms with E-state index in [1.165, 1.54) is 6.08 Å². The Labute approximate surface area is 125 Å². The summed E-state index contributed by atoms with van der Waals surface area (Å²) in [5.74, 6) is -0.0110. The molecular weight excluding hydrogens is 299 g/mol. The lowest BCUT2D eigenvalue weighted by atomic mass is 10.2. The number of amides is 1. The second-order valence-corrected chi connectivity index (χ2v) is 4.62. The fraction of sp³-hybridized carbons (Fsp3) is 0. The maximum absolute atomic E-state index is 11.0. The zero-order chi connectivity index (χ0) is 14.7. The SMILES string of the molecule is N#CC(=Cc1ccc(-c2cccc(Cl)c2Cl)o1)C(N)=O. The molecule has 0 fully saturated rings. The summed E-state index contributed by atoms with van der Waals surface area (Å²) in [5.41, 5.74) is 5.48. The number of furan rings is 1. The Morgan fingerprint density at radius 3 is 2.70 bits per heavy atom. The summed E-state index contributed by atoms with van der Waals surface area (Å²) >= 11 is 12.0. The molecule has 2 N–H and O–H groups in total. The van der Waals surface area contributed by atoms with Crippen LogP contribution >= 0.6 is 23.2 Å². The van der Waals surface area contributed by atoms with Crippen molar-refractivity contribution < 1.29 is 9.21 Å². The summed E-state index contributed by atoms with van der Waals surface area (Å²) in [6, 6.07) is 10.1. The highest BCUT2D eigenvalue weighted by atomic mass is 35.5. The van der Waals surface area contributed by atoms with Gasteiger partial charge in [0.2, 0.25) is 0 Å². The Morgan fingerprint density at radius 2 is 2.05 bits per heavy atom. The molecule has 1 amide bonds. The third-order valence-corrected chi connectivity index (χ3v) is 3.34. The predicted molar refractivity (Wildman–Crippen MR) is 76.9 cm³/mol. The van der Waals surface area contributed by atoms with E-state index in [4.69, 9.17) is 38.6 Å². The molecule has 0 aliphatic rings. The summed E-state index contributed by atoms with van der Waals surface area (Å²) in [4.78, 5) is 11.0. The van der Waals surface area contributed by atoms with Crippen LogP contribution in [0.1, 0.15) is 5.76 Å². The number of carbonyl (C=O) groups is 1. The van der Waals surface area contributed by atoms with E-state index in [2.05, 4.69) is 0 Å². The molecule has 0 saturated carbocycles. The molecule has 0 radical (unpaired) electrons. The quantitative estimate of drug-likeness (QED) is 0.694. The Bertz CT molecular complexity index is 742. The van der Waals surface area contributed by atoms with Crippen molar-refractivity contribution >= 4 is 35.2 Å². The van der Waals surface area contributed by atoms with Crippen molar-refractivity contribution in [2.24, 2.45) is 5.73 Å². The molecule has 4 nitrogen and oxygen atoms in total. The molecule has 0 atom stereocenters. The van der Waals surface area contributed by atoms with Gasteiger partial charge in [-0.15, -0.1) is 0 Å². The molecule has 0 aliphatic heterocycles. The zero-order valence-electron chi connectivity index (χ0n) is 10.1. The molecule has 0 saturated heterocycles. The average Bonchev–Trinajstić information content (AvgIpc) is 2.87. The molecule has 20 heavy (non-hydrogen) atoms. The van der Waals surface area contributed by atoms with E-state index in [-0.39, 0.29) is 5.57 Å². The normalized spacial score (nSPS) is 11.2. The van der Waals surface area contributed by atoms with Crippen molar-refractivity contribution in [3.8, 4) is 17.4 Å². The molecule has 6 heteroatoms. The van der Waals surface area contributed by atoms with Crippen LogP contribution in [0.3, 0.4) is 0 Å². The Kier molecular flexibility index (Phi) is 4.14. The van der Waals surface area contributed by atoms with E-state index in [9.17, 15) is 4.79 Å². The number of rotatable bonds is 3. The van der Waals surface area contributed by atoms with Gasteiger partial charge in [0.05, 0.1) is 10.0 Å². The topological polar surface area (TPSA) is 80.0 Å².